The molecular formula is C20H20ClNO5. The van der Waals surface area contributed by atoms with Crippen LogP contribution in [0.25, 0.3) is 0 Å². The summed E-state index contributed by atoms with van der Waals surface area (Å²) in [6.07, 6.45) is 1.53. The number of hydrogen-bond acceptors (Lipinski definition) is 4. The van der Waals surface area contributed by atoms with Crippen LogP contribution < -0.4 is 14.8 Å². The van der Waals surface area contributed by atoms with E-state index in [2.05, 4.69) is 5.32 Å². The van der Waals surface area contributed by atoms with Crippen molar-refractivity contribution in [3.05, 3.63) is 58.1 Å². The van der Waals surface area contributed by atoms with E-state index in [0.717, 1.165) is 11.1 Å². The number of halogens is 1. The number of amides is 1. The molecule has 7 heteroatoms. The molecule has 2 N–H and O–H groups in total. The van der Waals surface area contributed by atoms with Gasteiger partial charge in [0.05, 0.1) is 10.6 Å². The molecule has 0 atom stereocenters. The molecule has 142 valence electrons. The van der Waals surface area contributed by atoms with E-state index in [4.69, 9.17) is 26.2 Å². The molecule has 2 aromatic rings. The summed E-state index contributed by atoms with van der Waals surface area (Å²) in [6, 6.07) is 10.3. The van der Waals surface area contributed by atoms with Crippen molar-refractivity contribution in [2.24, 2.45) is 0 Å². The lowest BCUT2D eigenvalue weighted by molar-refractivity contribution is -0.121. The fourth-order valence-corrected chi connectivity index (χ4v) is 3.10. The van der Waals surface area contributed by atoms with E-state index >= 15 is 0 Å². The summed E-state index contributed by atoms with van der Waals surface area (Å²) in [6.45, 7) is 1.48. The second-order valence-corrected chi connectivity index (χ2v) is 6.61. The van der Waals surface area contributed by atoms with Gasteiger partial charge in [0, 0.05) is 13.0 Å². The molecule has 0 bridgehead atoms. The topological polar surface area (TPSA) is 84.9 Å². The summed E-state index contributed by atoms with van der Waals surface area (Å²) >= 11 is 6.21. The van der Waals surface area contributed by atoms with Crippen molar-refractivity contribution in [1.29, 1.82) is 0 Å². The van der Waals surface area contributed by atoms with Crippen LogP contribution in [0, 0.1) is 0 Å². The molecular weight excluding hydrogens is 370 g/mol. The van der Waals surface area contributed by atoms with Crippen molar-refractivity contribution in [2.45, 2.75) is 19.3 Å². The summed E-state index contributed by atoms with van der Waals surface area (Å²) in [4.78, 5) is 22.8. The van der Waals surface area contributed by atoms with Crippen molar-refractivity contribution >= 4 is 23.5 Å². The quantitative estimate of drug-likeness (QED) is 0.760. The molecule has 6 nitrogen and oxygen atoms in total. The van der Waals surface area contributed by atoms with Gasteiger partial charge in [0.2, 0.25) is 5.91 Å². The number of hydrogen-bond donors (Lipinski definition) is 2. The molecule has 0 saturated heterocycles. The van der Waals surface area contributed by atoms with Crippen molar-refractivity contribution in [3.8, 4) is 11.5 Å². The number of rotatable bonds is 7. The number of nitrogens with one attached hydrogen (secondary N) is 1. The molecule has 0 unspecified atom stereocenters. The van der Waals surface area contributed by atoms with Gasteiger partial charge in [-0.1, -0.05) is 23.7 Å². The first-order valence-corrected chi connectivity index (χ1v) is 9.07. The van der Waals surface area contributed by atoms with Crippen LogP contribution in [0.4, 0.5) is 0 Å². The van der Waals surface area contributed by atoms with Gasteiger partial charge in [-0.25, -0.2) is 4.79 Å². The largest absolute Gasteiger partial charge is 0.486 e. The molecule has 1 aliphatic rings. The highest BCUT2D eigenvalue weighted by Gasteiger charge is 2.16. The van der Waals surface area contributed by atoms with Crippen LogP contribution in [0.5, 0.6) is 11.5 Å². The molecule has 0 spiro atoms. The number of carboxylic acid groups (broad SMARTS) is 1. The summed E-state index contributed by atoms with van der Waals surface area (Å²) in [7, 11) is 0. The van der Waals surface area contributed by atoms with Gasteiger partial charge in [-0.05, 0) is 48.2 Å². The van der Waals surface area contributed by atoms with E-state index in [1.54, 1.807) is 24.3 Å². The summed E-state index contributed by atoms with van der Waals surface area (Å²) in [5, 5.41) is 12.3. The zero-order valence-electron chi connectivity index (χ0n) is 14.7. The molecule has 3 rings (SSSR count). The highest BCUT2D eigenvalue weighted by molar-refractivity contribution is 6.32. The Bertz CT molecular complexity index is 835. The average molecular weight is 390 g/mol. The van der Waals surface area contributed by atoms with E-state index in [9.17, 15) is 9.59 Å². The first-order chi connectivity index (χ1) is 13.0. The lowest BCUT2D eigenvalue weighted by atomic mass is 10.1. The number of benzene rings is 2. The Morgan fingerprint density at radius 1 is 1.04 bits per heavy atom. The first-order valence-electron chi connectivity index (χ1n) is 8.70. The standard InChI is InChI=1S/C20H20ClNO5/c21-16-11-14(12-17-19(16)27-10-9-26-17)7-8-22-18(23)6-3-13-1-4-15(5-2-13)20(24)25/h1-2,4-5,11-12H,3,6-10H2,(H,22,23)(H,24,25). The third-order valence-corrected chi connectivity index (χ3v) is 4.51. The van der Waals surface area contributed by atoms with Gasteiger partial charge in [-0.15, -0.1) is 0 Å². The lowest BCUT2D eigenvalue weighted by Gasteiger charge is -2.20. The minimum atomic E-state index is -0.960. The zero-order valence-corrected chi connectivity index (χ0v) is 15.4. The Balaban J connectivity index is 1.44. The van der Waals surface area contributed by atoms with Crippen LogP contribution in [0.15, 0.2) is 36.4 Å². The Labute approximate surface area is 162 Å². The normalized spacial score (nSPS) is 12.5. The number of carbonyl (C=O) groups excluding carboxylic acids is 1. The van der Waals surface area contributed by atoms with E-state index in [1.165, 1.54) is 0 Å². The van der Waals surface area contributed by atoms with Crippen molar-refractivity contribution < 1.29 is 24.2 Å². The molecule has 2 aromatic carbocycles. The Hall–Kier alpha value is -2.73. The third kappa shape index (κ3) is 5.14. The maximum Gasteiger partial charge on any atom is 0.335 e. The maximum atomic E-state index is 12.0. The average Bonchev–Trinajstić information content (AvgIpc) is 2.67. The fourth-order valence-electron chi connectivity index (χ4n) is 2.82. The summed E-state index contributed by atoms with van der Waals surface area (Å²) < 4.78 is 11.0. The van der Waals surface area contributed by atoms with Gasteiger partial charge in [-0.2, -0.15) is 0 Å². The third-order valence-electron chi connectivity index (χ3n) is 4.23. The van der Waals surface area contributed by atoms with Gasteiger partial charge >= 0.3 is 5.97 Å². The smallest absolute Gasteiger partial charge is 0.335 e. The molecule has 1 heterocycles. The number of aryl methyl sites for hydroxylation is 1. The Morgan fingerprint density at radius 2 is 1.78 bits per heavy atom. The predicted octanol–water partition coefficient (Wildman–Crippen LogP) is 3.10. The Kier molecular flexibility index (Phi) is 6.19. The Morgan fingerprint density at radius 3 is 2.52 bits per heavy atom. The summed E-state index contributed by atoms with van der Waals surface area (Å²) in [5.74, 6) is 0.198. The van der Waals surface area contributed by atoms with Gasteiger partial charge < -0.3 is 19.9 Å². The first kappa shape index (κ1) is 19.0. The van der Waals surface area contributed by atoms with Crippen LogP contribution in [0.3, 0.4) is 0 Å². The molecule has 27 heavy (non-hydrogen) atoms. The fraction of sp³-hybridized carbons (Fsp3) is 0.300. The zero-order chi connectivity index (χ0) is 19.2. The van der Waals surface area contributed by atoms with Crippen LogP contribution in [0.2, 0.25) is 5.02 Å². The molecule has 0 saturated carbocycles. The van der Waals surface area contributed by atoms with Crippen LogP contribution in [-0.4, -0.2) is 36.7 Å². The van der Waals surface area contributed by atoms with E-state index < -0.39 is 5.97 Å². The van der Waals surface area contributed by atoms with Crippen molar-refractivity contribution in [3.63, 3.8) is 0 Å². The predicted molar refractivity (Wildman–Crippen MR) is 101 cm³/mol. The SMILES string of the molecule is O=C(CCc1ccc(C(=O)O)cc1)NCCc1cc(Cl)c2c(c1)OCCO2. The van der Waals surface area contributed by atoms with Crippen molar-refractivity contribution in [2.75, 3.05) is 19.8 Å². The van der Waals surface area contributed by atoms with E-state index in [-0.39, 0.29) is 11.5 Å². The van der Waals surface area contributed by atoms with Crippen LogP contribution in [0.1, 0.15) is 27.9 Å². The van der Waals surface area contributed by atoms with Gasteiger partial charge in [0.1, 0.15) is 13.2 Å². The van der Waals surface area contributed by atoms with Gasteiger partial charge in [0.25, 0.3) is 0 Å². The minimum absolute atomic E-state index is 0.0547. The molecule has 1 amide bonds. The van der Waals surface area contributed by atoms with Crippen molar-refractivity contribution in [1.82, 2.24) is 5.32 Å². The molecule has 0 aliphatic carbocycles. The second-order valence-electron chi connectivity index (χ2n) is 6.20. The van der Waals surface area contributed by atoms with Gasteiger partial charge in [0.15, 0.2) is 11.5 Å². The van der Waals surface area contributed by atoms with Crippen LogP contribution >= 0.6 is 11.6 Å². The number of carbonyl (C=O) groups is 2. The van der Waals surface area contributed by atoms with E-state index in [1.807, 2.05) is 12.1 Å². The second kappa shape index (κ2) is 8.77. The highest BCUT2D eigenvalue weighted by Crippen LogP contribution is 2.38. The number of ether oxygens (including phenoxy) is 2. The molecule has 0 fully saturated rings. The number of carboxylic acids is 1. The molecule has 0 aromatic heterocycles. The monoisotopic (exact) mass is 389 g/mol. The van der Waals surface area contributed by atoms with Crippen LogP contribution in [-0.2, 0) is 17.6 Å². The lowest BCUT2D eigenvalue weighted by Crippen LogP contribution is -2.26. The number of aromatic carboxylic acids is 1. The van der Waals surface area contributed by atoms with E-state index in [0.29, 0.717) is 55.5 Å². The summed E-state index contributed by atoms with van der Waals surface area (Å²) in [5.41, 5.74) is 2.13. The van der Waals surface area contributed by atoms with Gasteiger partial charge in [-0.3, -0.25) is 4.79 Å². The minimum Gasteiger partial charge on any atom is -0.486 e. The number of fused-ring (bicyclic) bond motifs is 1. The highest BCUT2D eigenvalue weighted by atomic mass is 35.5. The molecule has 1 aliphatic heterocycles. The molecule has 0 radical (unpaired) electrons. The maximum absolute atomic E-state index is 12.0.